The lowest BCUT2D eigenvalue weighted by Gasteiger charge is -2.18. The Kier molecular flexibility index (Phi) is 4.23. The molecule has 0 aliphatic heterocycles. The van der Waals surface area contributed by atoms with E-state index < -0.39 is 6.04 Å². The molecule has 0 bridgehead atoms. The van der Waals surface area contributed by atoms with Crippen LogP contribution in [0.2, 0.25) is 5.02 Å². The van der Waals surface area contributed by atoms with Gasteiger partial charge in [-0.3, -0.25) is 0 Å². The van der Waals surface area contributed by atoms with Gasteiger partial charge in [0.05, 0.1) is 11.8 Å². The Balaban J connectivity index is 2.16. The van der Waals surface area contributed by atoms with Gasteiger partial charge in [-0.25, -0.2) is 0 Å². The molecular weight excluding hydrogens is 267 g/mol. The van der Waals surface area contributed by atoms with Crippen molar-refractivity contribution < 1.29 is 0 Å². The van der Waals surface area contributed by atoms with Crippen LogP contribution >= 0.6 is 23.2 Å². The minimum absolute atomic E-state index is 0.418. The second kappa shape index (κ2) is 5.70. The van der Waals surface area contributed by atoms with Crippen LogP contribution in [0, 0.1) is 5.41 Å². The zero-order valence-electron chi connectivity index (χ0n) is 9.79. The molecule has 0 aromatic heterocycles. The fourth-order valence-corrected chi connectivity index (χ4v) is 2.16. The molecule has 0 radical (unpaired) electrons. The van der Waals surface area contributed by atoms with Crippen LogP contribution in [0.4, 0.5) is 0 Å². The standard InChI is InChI=1S/C14H14Cl2N2/c15-11-5-1-9(2-6-11)13(17)14(18)10-3-7-12(16)8-4-10/h1-3,5-7,13,18H,4,8,17H2. The molecule has 0 saturated heterocycles. The zero-order valence-corrected chi connectivity index (χ0v) is 11.3. The van der Waals surface area contributed by atoms with Crippen LogP contribution in [0.25, 0.3) is 0 Å². The first-order valence-electron chi connectivity index (χ1n) is 5.73. The van der Waals surface area contributed by atoms with Crippen molar-refractivity contribution in [3.8, 4) is 0 Å². The van der Waals surface area contributed by atoms with Gasteiger partial charge in [-0.15, -0.1) is 0 Å². The van der Waals surface area contributed by atoms with Crippen LogP contribution in [0.15, 0.2) is 47.0 Å². The molecule has 0 heterocycles. The highest BCUT2D eigenvalue weighted by atomic mass is 35.5. The zero-order chi connectivity index (χ0) is 13.1. The Morgan fingerprint density at radius 1 is 1.11 bits per heavy atom. The second-order valence-electron chi connectivity index (χ2n) is 4.25. The molecule has 1 aliphatic rings. The summed E-state index contributed by atoms with van der Waals surface area (Å²) in [4.78, 5) is 0. The average molecular weight is 281 g/mol. The van der Waals surface area contributed by atoms with E-state index in [0.717, 1.165) is 29.0 Å². The number of nitrogens with two attached hydrogens (primary N) is 1. The Morgan fingerprint density at radius 3 is 2.33 bits per heavy atom. The van der Waals surface area contributed by atoms with Crippen molar-refractivity contribution in [2.45, 2.75) is 18.9 Å². The van der Waals surface area contributed by atoms with Crippen molar-refractivity contribution in [3.63, 3.8) is 0 Å². The van der Waals surface area contributed by atoms with Crippen molar-refractivity contribution in [3.05, 3.63) is 57.6 Å². The molecule has 18 heavy (non-hydrogen) atoms. The lowest BCUT2D eigenvalue weighted by molar-refractivity contribution is 0.910. The Labute approximate surface area is 117 Å². The lowest BCUT2D eigenvalue weighted by Crippen LogP contribution is -2.22. The van der Waals surface area contributed by atoms with Crippen LogP contribution < -0.4 is 5.73 Å². The van der Waals surface area contributed by atoms with Gasteiger partial charge in [0.25, 0.3) is 0 Å². The van der Waals surface area contributed by atoms with E-state index in [4.69, 9.17) is 34.3 Å². The predicted molar refractivity (Wildman–Crippen MR) is 77.4 cm³/mol. The molecule has 1 aliphatic carbocycles. The van der Waals surface area contributed by atoms with Gasteiger partial charge in [0, 0.05) is 10.1 Å². The van der Waals surface area contributed by atoms with Crippen LogP contribution in [0.5, 0.6) is 0 Å². The van der Waals surface area contributed by atoms with Gasteiger partial charge in [0.15, 0.2) is 0 Å². The summed E-state index contributed by atoms with van der Waals surface area (Å²) >= 11 is 11.7. The molecule has 0 fully saturated rings. The molecule has 2 rings (SSSR count). The topological polar surface area (TPSA) is 49.9 Å². The van der Waals surface area contributed by atoms with E-state index >= 15 is 0 Å². The summed E-state index contributed by atoms with van der Waals surface area (Å²) in [6, 6.07) is 6.87. The van der Waals surface area contributed by atoms with E-state index in [1.54, 1.807) is 12.1 Å². The largest absolute Gasteiger partial charge is 0.319 e. The van der Waals surface area contributed by atoms with Gasteiger partial charge in [0.1, 0.15) is 0 Å². The molecule has 1 aromatic rings. The highest BCUT2D eigenvalue weighted by Crippen LogP contribution is 2.25. The quantitative estimate of drug-likeness (QED) is 0.801. The minimum Gasteiger partial charge on any atom is -0.319 e. The van der Waals surface area contributed by atoms with Gasteiger partial charge >= 0.3 is 0 Å². The van der Waals surface area contributed by atoms with E-state index in [-0.39, 0.29) is 0 Å². The minimum atomic E-state index is -0.418. The number of hydrogen-bond donors (Lipinski definition) is 2. The molecular formula is C14H14Cl2N2. The predicted octanol–water partition coefficient (Wildman–Crippen LogP) is 4.20. The van der Waals surface area contributed by atoms with Gasteiger partial charge in [0.2, 0.25) is 0 Å². The maximum absolute atomic E-state index is 8.15. The highest BCUT2D eigenvalue weighted by molar-refractivity contribution is 6.30. The van der Waals surface area contributed by atoms with Crippen molar-refractivity contribution >= 4 is 28.9 Å². The number of hydrogen-bond acceptors (Lipinski definition) is 2. The van der Waals surface area contributed by atoms with Crippen molar-refractivity contribution in [1.82, 2.24) is 0 Å². The molecule has 94 valence electrons. The molecule has 1 aromatic carbocycles. The van der Waals surface area contributed by atoms with Crippen LogP contribution in [-0.4, -0.2) is 5.71 Å². The number of rotatable bonds is 3. The third-order valence-electron chi connectivity index (χ3n) is 2.98. The first kappa shape index (κ1) is 13.3. The summed E-state index contributed by atoms with van der Waals surface area (Å²) in [5.41, 5.74) is 8.37. The molecule has 2 nitrogen and oxygen atoms in total. The maximum Gasteiger partial charge on any atom is 0.0722 e. The summed E-state index contributed by atoms with van der Waals surface area (Å²) in [5.74, 6) is 0. The third-order valence-corrected chi connectivity index (χ3v) is 3.55. The van der Waals surface area contributed by atoms with Crippen LogP contribution in [0.3, 0.4) is 0 Å². The normalized spacial score (nSPS) is 16.8. The molecule has 0 amide bonds. The number of halogens is 2. The second-order valence-corrected chi connectivity index (χ2v) is 5.17. The summed E-state index contributed by atoms with van der Waals surface area (Å²) in [6.45, 7) is 0. The fraction of sp³-hybridized carbons (Fsp3) is 0.214. The average Bonchev–Trinajstić information content (AvgIpc) is 2.39. The first-order chi connectivity index (χ1) is 8.58. The molecule has 1 unspecified atom stereocenters. The van der Waals surface area contributed by atoms with Gasteiger partial charge in [-0.1, -0.05) is 41.4 Å². The first-order valence-corrected chi connectivity index (χ1v) is 6.48. The summed E-state index contributed by atoms with van der Waals surface area (Å²) in [5, 5.41) is 9.64. The van der Waals surface area contributed by atoms with Crippen LogP contribution in [-0.2, 0) is 0 Å². The van der Waals surface area contributed by atoms with Gasteiger partial charge in [-0.05, 0) is 42.2 Å². The lowest BCUT2D eigenvalue weighted by atomic mass is 9.92. The van der Waals surface area contributed by atoms with Crippen molar-refractivity contribution in [1.29, 1.82) is 5.41 Å². The SMILES string of the molecule is N=C(C1=CC=C(Cl)CC1)C(N)c1ccc(Cl)cc1. The fourth-order valence-electron chi connectivity index (χ4n) is 1.87. The van der Waals surface area contributed by atoms with E-state index in [9.17, 15) is 0 Å². The number of benzene rings is 1. The summed E-state index contributed by atoms with van der Waals surface area (Å²) in [7, 11) is 0. The number of nitrogens with one attached hydrogen (secondary N) is 1. The Morgan fingerprint density at radius 2 is 1.78 bits per heavy atom. The Hall–Kier alpha value is -1.09. The summed E-state index contributed by atoms with van der Waals surface area (Å²) in [6.07, 6.45) is 5.27. The number of allylic oxidation sites excluding steroid dienone is 3. The van der Waals surface area contributed by atoms with E-state index in [2.05, 4.69) is 0 Å². The molecule has 4 heteroatoms. The third kappa shape index (κ3) is 3.02. The van der Waals surface area contributed by atoms with E-state index in [0.29, 0.717) is 10.7 Å². The molecule has 0 spiro atoms. The molecule has 0 saturated carbocycles. The van der Waals surface area contributed by atoms with Gasteiger partial charge < -0.3 is 11.1 Å². The maximum atomic E-state index is 8.15. The molecule has 1 atom stereocenters. The smallest absolute Gasteiger partial charge is 0.0722 e. The highest BCUT2D eigenvalue weighted by Gasteiger charge is 2.17. The van der Waals surface area contributed by atoms with Gasteiger partial charge in [-0.2, -0.15) is 0 Å². The van der Waals surface area contributed by atoms with Crippen molar-refractivity contribution in [2.24, 2.45) is 5.73 Å². The van der Waals surface area contributed by atoms with Crippen LogP contribution in [0.1, 0.15) is 24.4 Å². The molecule has 3 N–H and O–H groups in total. The monoisotopic (exact) mass is 280 g/mol. The van der Waals surface area contributed by atoms with Crippen molar-refractivity contribution in [2.75, 3.05) is 0 Å². The Bertz CT molecular complexity index is 515. The summed E-state index contributed by atoms with van der Waals surface area (Å²) < 4.78 is 0. The van der Waals surface area contributed by atoms with E-state index in [1.165, 1.54) is 0 Å². The van der Waals surface area contributed by atoms with E-state index in [1.807, 2.05) is 24.3 Å².